The molecule has 29 valence electrons. The molecule has 0 aromatic rings. The molecular weight excluding hydrogens is 72.8 g/mol. The van der Waals surface area contributed by atoms with Crippen LogP contribution in [0.2, 0.25) is 0 Å². The van der Waals surface area contributed by atoms with E-state index in [1.807, 2.05) is 0 Å². The van der Waals surface area contributed by atoms with Gasteiger partial charge in [-0.1, -0.05) is 0 Å². The highest BCUT2D eigenvalue weighted by Crippen LogP contribution is 1.43. The second-order valence-corrected chi connectivity index (χ2v) is 0.268. The van der Waals surface area contributed by atoms with E-state index in [2.05, 4.69) is 0 Å². The van der Waals surface area contributed by atoms with Gasteiger partial charge in [-0.25, -0.2) is 0 Å². The molecule has 0 saturated carbocycles. The van der Waals surface area contributed by atoms with Gasteiger partial charge < -0.3 is 0 Å². The summed E-state index contributed by atoms with van der Waals surface area (Å²) < 4.78 is 0. The smallest absolute Gasteiger partial charge is 0.0685 e. The summed E-state index contributed by atoms with van der Waals surface area (Å²) in [5.74, 6) is 0. The van der Waals surface area contributed by atoms with Gasteiger partial charge in [0, 0.05) is 8.41 Å². The summed E-state index contributed by atoms with van der Waals surface area (Å²) in [6.45, 7) is 0. The van der Waals surface area contributed by atoms with Crippen LogP contribution in [0.25, 0.3) is 0 Å². The minimum absolute atomic E-state index is 0. The van der Waals surface area contributed by atoms with Crippen molar-refractivity contribution in [2.75, 3.05) is 0 Å². The van der Waals surface area contributed by atoms with E-state index in [0.29, 0.717) is 0 Å². The molecule has 0 unspecified atom stereocenters. The molecule has 5 heteroatoms. The molecule has 3 N–H and O–H groups in total. The van der Waals surface area contributed by atoms with E-state index < -0.39 is 5.39 Å². The maximum Gasteiger partial charge on any atom is 0.0685 e. The van der Waals surface area contributed by atoms with E-state index in [-0.39, 0.29) is 8.41 Å². The number of nitrogens with zero attached hydrogens (tertiary/aromatic N) is 1. The van der Waals surface area contributed by atoms with Crippen LogP contribution in [0.5, 0.6) is 0 Å². The monoisotopic (exact) mass is 76.0 g/mol. The third-order valence-electron chi connectivity index (χ3n) is 0. The lowest BCUT2D eigenvalue weighted by Crippen LogP contribution is -2.04. The molecule has 0 aliphatic rings. The van der Waals surface area contributed by atoms with Gasteiger partial charge in [-0.05, 0) is 0 Å². The zero-order valence-corrected chi connectivity index (χ0v) is 2.37. The van der Waals surface area contributed by atoms with E-state index in [4.69, 9.17) is 15.6 Å². The molecular formula is H3BNO3. The molecule has 0 saturated heterocycles. The molecule has 0 amide bonds. The van der Waals surface area contributed by atoms with Crippen LogP contribution in [0.1, 0.15) is 0 Å². The Kier molecular flexibility index (Phi) is 6.92. The van der Waals surface area contributed by atoms with Gasteiger partial charge in [0.05, 0.1) is 5.39 Å². The van der Waals surface area contributed by atoms with E-state index in [1.54, 1.807) is 0 Å². The fraction of sp³-hybridized carbons (Fsp3) is 0. The highest BCUT2D eigenvalue weighted by Gasteiger charge is 1.64. The molecule has 5 heavy (non-hydrogen) atoms. The van der Waals surface area contributed by atoms with Gasteiger partial charge in [0.2, 0.25) is 0 Å². The Morgan fingerprint density at radius 3 is 1.00 bits per heavy atom. The second-order valence-electron chi connectivity index (χ2n) is 0.268. The molecule has 0 spiro atoms. The highest BCUT2D eigenvalue weighted by atomic mass is 17.0. The third-order valence-corrected chi connectivity index (χ3v) is 0. The Balaban J connectivity index is 0. The lowest BCUT2D eigenvalue weighted by atomic mass is 10.8. The molecule has 0 fully saturated rings. The van der Waals surface area contributed by atoms with Crippen molar-refractivity contribution < 1.29 is 15.6 Å². The van der Waals surface area contributed by atoms with Crippen LogP contribution in [0, 0.1) is 0 Å². The first-order valence-electron chi connectivity index (χ1n) is 0.600. The maximum absolute atomic E-state index is 7.00. The largest absolute Gasteiger partial charge is 0.266 e. The summed E-state index contributed by atoms with van der Waals surface area (Å²) in [4.78, 5) is 0. The van der Waals surface area contributed by atoms with Crippen molar-refractivity contribution in [3.05, 3.63) is 0 Å². The molecule has 0 bridgehead atoms. The van der Waals surface area contributed by atoms with Crippen molar-refractivity contribution in [3.63, 3.8) is 0 Å². The Morgan fingerprint density at radius 2 is 1.00 bits per heavy atom. The van der Waals surface area contributed by atoms with Gasteiger partial charge in [-0.2, -0.15) is 0 Å². The van der Waals surface area contributed by atoms with Crippen molar-refractivity contribution in [2.45, 2.75) is 0 Å². The number of rotatable bonds is 0. The van der Waals surface area contributed by atoms with E-state index >= 15 is 0 Å². The average Bonchev–Trinajstić information content (AvgIpc) is 0.811. The summed E-state index contributed by atoms with van der Waals surface area (Å²) in [7, 11) is 0. The van der Waals surface area contributed by atoms with Crippen molar-refractivity contribution in [3.8, 4) is 0 Å². The quantitative estimate of drug-likeness (QED) is 0.257. The predicted octanol–water partition coefficient (Wildman–Crippen LogP) is -0.925. The molecule has 0 aliphatic heterocycles. The molecule has 0 aliphatic carbocycles. The topological polar surface area (TPSA) is 63.9 Å². The Hall–Kier alpha value is -0.0951. The first-order valence-corrected chi connectivity index (χ1v) is 0.600. The SMILES string of the molecule is ON(O)O.[B]. The maximum atomic E-state index is 7.00. The van der Waals surface area contributed by atoms with Gasteiger partial charge in [0.25, 0.3) is 0 Å². The van der Waals surface area contributed by atoms with E-state index in [9.17, 15) is 0 Å². The molecule has 0 aromatic carbocycles. The lowest BCUT2D eigenvalue weighted by Gasteiger charge is -1.84. The van der Waals surface area contributed by atoms with Gasteiger partial charge in [0.1, 0.15) is 0 Å². The fourth-order valence-electron chi connectivity index (χ4n) is 0. The normalized spacial score (nSPS) is 7.20. The third kappa shape index (κ3) is 1570. The summed E-state index contributed by atoms with van der Waals surface area (Å²) in [5, 5.41) is 20.0. The minimum Gasteiger partial charge on any atom is -0.266 e. The molecule has 3 radical (unpaired) electrons. The van der Waals surface area contributed by atoms with Crippen LogP contribution in [-0.2, 0) is 0 Å². The van der Waals surface area contributed by atoms with Gasteiger partial charge in [-0.3, -0.25) is 15.6 Å². The second kappa shape index (κ2) is 3.90. The predicted molar refractivity (Wildman–Crippen MR) is 13.0 cm³/mol. The summed E-state index contributed by atoms with van der Waals surface area (Å²) in [5.41, 5.74) is 0. The fourth-order valence-corrected chi connectivity index (χ4v) is 0. The van der Waals surface area contributed by atoms with Crippen LogP contribution >= 0.6 is 0 Å². The van der Waals surface area contributed by atoms with Gasteiger partial charge in [0.15, 0.2) is 0 Å². The van der Waals surface area contributed by atoms with E-state index in [0.717, 1.165) is 0 Å². The van der Waals surface area contributed by atoms with Crippen molar-refractivity contribution in [1.29, 1.82) is 0 Å². The van der Waals surface area contributed by atoms with Gasteiger partial charge >= 0.3 is 0 Å². The highest BCUT2D eigenvalue weighted by molar-refractivity contribution is 5.75. The zero-order valence-electron chi connectivity index (χ0n) is 2.37. The van der Waals surface area contributed by atoms with Crippen molar-refractivity contribution >= 4 is 8.41 Å². The minimum atomic E-state index is -1.00. The van der Waals surface area contributed by atoms with Crippen LogP contribution in [0.3, 0.4) is 0 Å². The van der Waals surface area contributed by atoms with Crippen LogP contribution in [0.15, 0.2) is 0 Å². The van der Waals surface area contributed by atoms with Gasteiger partial charge in [-0.15, -0.1) is 0 Å². The Morgan fingerprint density at radius 1 is 1.00 bits per heavy atom. The zero-order chi connectivity index (χ0) is 3.58. The van der Waals surface area contributed by atoms with Crippen LogP contribution in [-0.4, -0.2) is 29.4 Å². The Bertz CT molecular complexity index is 11.6. The first-order chi connectivity index (χ1) is 1.73. The molecule has 0 rings (SSSR count). The first kappa shape index (κ1) is 8.86. The van der Waals surface area contributed by atoms with Crippen LogP contribution in [0.4, 0.5) is 0 Å². The number of hydrogen-bond donors (Lipinski definition) is 3. The molecule has 0 atom stereocenters. The molecule has 4 nitrogen and oxygen atoms in total. The van der Waals surface area contributed by atoms with Crippen molar-refractivity contribution in [1.82, 2.24) is 5.39 Å². The Labute approximate surface area is 30.7 Å². The van der Waals surface area contributed by atoms with E-state index in [1.165, 1.54) is 0 Å². The molecule has 0 heterocycles. The summed E-state index contributed by atoms with van der Waals surface area (Å²) in [6, 6.07) is 0. The molecule has 0 aromatic heterocycles. The number of hydrogen-bond acceptors (Lipinski definition) is 4. The van der Waals surface area contributed by atoms with Crippen LogP contribution < -0.4 is 0 Å². The summed E-state index contributed by atoms with van der Waals surface area (Å²) in [6.07, 6.45) is 0. The summed E-state index contributed by atoms with van der Waals surface area (Å²) >= 11 is 0. The standard InChI is InChI=1S/B.H3NO3/c;2-1(3)4/h;2-4H. The average molecular weight is 75.8 g/mol. The van der Waals surface area contributed by atoms with Crippen molar-refractivity contribution in [2.24, 2.45) is 0 Å². The lowest BCUT2D eigenvalue weighted by molar-refractivity contribution is -0.472.